The van der Waals surface area contributed by atoms with Gasteiger partial charge in [0.05, 0.1) is 10.9 Å². The molecule has 2 rings (SSSR count). The maximum absolute atomic E-state index is 13.6. The molecule has 5 heteroatoms. The van der Waals surface area contributed by atoms with Crippen LogP contribution in [0, 0.1) is 5.82 Å². The van der Waals surface area contributed by atoms with E-state index in [1.807, 2.05) is 0 Å². The Balaban J connectivity index is 2.21. The van der Waals surface area contributed by atoms with E-state index in [9.17, 15) is 9.18 Å². The van der Waals surface area contributed by atoms with Crippen molar-refractivity contribution < 1.29 is 9.18 Å². The fourth-order valence-electron chi connectivity index (χ4n) is 1.94. The molecule has 1 aliphatic heterocycles. The molecule has 2 nitrogen and oxygen atoms in total. The van der Waals surface area contributed by atoms with Crippen molar-refractivity contribution in [2.45, 2.75) is 18.2 Å². The van der Waals surface area contributed by atoms with Crippen molar-refractivity contribution in [2.75, 3.05) is 13.1 Å². The van der Waals surface area contributed by atoms with E-state index in [4.69, 9.17) is 11.6 Å². The summed E-state index contributed by atoms with van der Waals surface area (Å²) < 4.78 is 14.3. The Bertz CT molecular complexity index is 441. The molecule has 0 aromatic heterocycles. The Morgan fingerprint density at radius 3 is 3.00 bits per heavy atom. The Morgan fingerprint density at radius 1 is 1.53 bits per heavy atom. The number of nitrogens with zero attached hydrogens (tertiary/aromatic N) is 1. The number of alkyl halides is 1. The Kier molecular flexibility index (Phi) is 4.05. The second-order valence-electron chi connectivity index (χ2n) is 4.11. The molecule has 17 heavy (non-hydrogen) atoms. The van der Waals surface area contributed by atoms with E-state index in [-0.39, 0.29) is 16.8 Å². The van der Waals surface area contributed by atoms with Gasteiger partial charge in [-0.1, -0.05) is 15.9 Å². The molecule has 1 saturated heterocycles. The number of piperidine rings is 1. The van der Waals surface area contributed by atoms with Gasteiger partial charge in [-0.2, -0.15) is 0 Å². The summed E-state index contributed by atoms with van der Waals surface area (Å²) in [6.45, 7) is 1.14. The number of rotatable bonds is 1. The first-order chi connectivity index (χ1) is 8.08. The summed E-state index contributed by atoms with van der Waals surface area (Å²) in [6, 6.07) is 4.38. The zero-order valence-electron chi connectivity index (χ0n) is 9.13. The van der Waals surface area contributed by atoms with Crippen molar-refractivity contribution in [3.63, 3.8) is 0 Å². The largest absolute Gasteiger partial charge is 0.337 e. The molecule has 0 spiro atoms. The zero-order chi connectivity index (χ0) is 12.4. The predicted molar refractivity (Wildman–Crippen MR) is 68.9 cm³/mol. The number of halogens is 3. The second kappa shape index (κ2) is 5.36. The van der Waals surface area contributed by atoms with Gasteiger partial charge in [0.1, 0.15) is 5.82 Å². The molecule has 1 atom stereocenters. The molecule has 1 amide bonds. The third-order valence-corrected chi connectivity index (χ3v) is 3.66. The number of hydrogen-bond acceptors (Lipinski definition) is 1. The molecule has 1 fully saturated rings. The number of hydrogen-bond donors (Lipinski definition) is 0. The Labute approximate surface area is 113 Å². The summed E-state index contributed by atoms with van der Waals surface area (Å²) in [6.07, 6.45) is 1.78. The van der Waals surface area contributed by atoms with E-state index >= 15 is 0 Å². The number of carbonyl (C=O) groups excluding carboxylic acids is 1. The number of amides is 1. The summed E-state index contributed by atoms with van der Waals surface area (Å²) in [5.74, 6) is -0.774. The minimum Gasteiger partial charge on any atom is -0.337 e. The van der Waals surface area contributed by atoms with Crippen LogP contribution in [0.25, 0.3) is 0 Å². The molecule has 0 bridgehead atoms. The van der Waals surface area contributed by atoms with Gasteiger partial charge in [-0.15, -0.1) is 11.6 Å². The third kappa shape index (κ3) is 2.99. The summed E-state index contributed by atoms with van der Waals surface area (Å²) in [5.41, 5.74) is 0.102. The van der Waals surface area contributed by atoms with Crippen molar-refractivity contribution in [2.24, 2.45) is 0 Å². The predicted octanol–water partition coefficient (Wildman–Crippen LogP) is 3.43. The van der Waals surface area contributed by atoms with Crippen LogP contribution in [0.2, 0.25) is 0 Å². The van der Waals surface area contributed by atoms with Crippen molar-refractivity contribution in [1.82, 2.24) is 4.90 Å². The van der Waals surface area contributed by atoms with Crippen LogP contribution < -0.4 is 0 Å². The molecule has 1 unspecified atom stereocenters. The van der Waals surface area contributed by atoms with E-state index in [1.54, 1.807) is 11.0 Å². The van der Waals surface area contributed by atoms with Gasteiger partial charge in [-0.05, 0) is 31.0 Å². The average Bonchev–Trinajstić information content (AvgIpc) is 2.31. The van der Waals surface area contributed by atoms with E-state index in [0.29, 0.717) is 17.6 Å². The molecule has 1 aromatic rings. The molecule has 92 valence electrons. The molecule has 0 radical (unpaired) electrons. The maximum Gasteiger partial charge on any atom is 0.256 e. The highest BCUT2D eigenvalue weighted by Crippen LogP contribution is 2.21. The summed E-state index contributed by atoms with van der Waals surface area (Å²) >= 11 is 9.25. The van der Waals surface area contributed by atoms with Crippen LogP contribution in [0.4, 0.5) is 4.39 Å². The first-order valence-corrected chi connectivity index (χ1v) is 6.69. The standard InChI is InChI=1S/C12H12BrClFNO/c13-8-3-4-11(15)10(6-8)12(17)16-5-1-2-9(14)7-16/h3-4,6,9H,1-2,5,7H2. The van der Waals surface area contributed by atoms with Gasteiger partial charge < -0.3 is 4.90 Å². The number of benzene rings is 1. The maximum atomic E-state index is 13.6. The van der Waals surface area contributed by atoms with Gasteiger partial charge in [0.2, 0.25) is 0 Å². The smallest absolute Gasteiger partial charge is 0.256 e. The van der Waals surface area contributed by atoms with Crippen LogP contribution in [0.5, 0.6) is 0 Å². The normalized spacial score (nSPS) is 20.4. The molecule has 1 aromatic carbocycles. The van der Waals surface area contributed by atoms with Crippen molar-refractivity contribution in [3.8, 4) is 0 Å². The topological polar surface area (TPSA) is 20.3 Å². The molecule has 1 aliphatic rings. The van der Waals surface area contributed by atoms with Crippen molar-refractivity contribution in [1.29, 1.82) is 0 Å². The van der Waals surface area contributed by atoms with Crippen LogP contribution in [-0.2, 0) is 0 Å². The van der Waals surface area contributed by atoms with Crippen LogP contribution in [0.15, 0.2) is 22.7 Å². The van der Waals surface area contributed by atoms with Gasteiger partial charge in [-0.3, -0.25) is 4.79 Å². The molecule has 0 aliphatic carbocycles. The molecule has 1 heterocycles. The summed E-state index contributed by atoms with van der Waals surface area (Å²) in [4.78, 5) is 13.7. The van der Waals surface area contributed by atoms with E-state index in [1.165, 1.54) is 12.1 Å². The van der Waals surface area contributed by atoms with Gasteiger partial charge in [-0.25, -0.2) is 4.39 Å². The average molecular weight is 321 g/mol. The van der Waals surface area contributed by atoms with Crippen LogP contribution >= 0.6 is 27.5 Å². The fourth-order valence-corrected chi connectivity index (χ4v) is 2.62. The van der Waals surface area contributed by atoms with E-state index in [0.717, 1.165) is 12.8 Å². The van der Waals surface area contributed by atoms with Gasteiger partial charge in [0, 0.05) is 17.6 Å². The zero-order valence-corrected chi connectivity index (χ0v) is 11.5. The Morgan fingerprint density at radius 2 is 2.29 bits per heavy atom. The third-order valence-electron chi connectivity index (χ3n) is 2.81. The molecule has 0 saturated carbocycles. The lowest BCUT2D eigenvalue weighted by Crippen LogP contribution is -2.40. The van der Waals surface area contributed by atoms with Crippen molar-refractivity contribution in [3.05, 3.63) is 34.1 Å². The van der Waals surface area contributed by atoms with Gasteiger partial charge in [0.25, 0.3) is 5.91 Å². The lowest BCUT2D eigenvalue weighted by atomic mass is 10.1. The molecular formula is C12H12BrClFNO. The number of carbonyl (C=O) groups is 1. The Hall–Kier alpha value is -0.610. The first-order valence-electron chi connectivity index (χ1n) is 5.46. The van der Waals surface area contributed by atoms with Crippen LogP contribution in [-0.4, -0.2) is 29.3 Å². The van der Waals surface area contributed by atoms with Gasteiger partial charge in [0.15, 0.2) is 0 Å². The highest BCUT2D eigenvalue weighted by Gasteiger charge is 2.24. The fraction of sp³-hybridized carbons (Fsp3) is 0.417. The molecular weight excluding hydrogens is 308 g/mol. The quantitative estimate of drug-likeness (QED) is 0.726. The first kappa shape index (κ1) is 12.8. The monoisotopic (exact) mass is 319 g/mol. The SMILES string of the molecule is O=C(c1cc(Br)ccc1F)N1CCCC(Cl)C1. The van der Waals surface area contributed by atoms with Crippen LogP contribution in [0.1, 0.15) is 23.2 Å². The second-order valence-corrected chi connectivity index (χ2v) is 5.65. The highest BCUT2D eigenvalue weighted by molar-refractivity contribution is 9.10. The van der Waals surface area contributed by atoms with E-state index < -0.39 is 5.82 Å². The number of likely N-dealkylation sites (tertiary alicyclic amines) is 1. The minimum absolute atomic E-state index is 0.0251. The lowest BCUT2D eigenvalue weighted by Gasteiger charge is -2.30. The van der Waals surface area contributed by atoms with E-state index in [2.05, 4.69) is 15.9 Å². The van der Waals surface area contributed by atoms with Gasteiger partial charge >= 0.3 is 0 Å². The molecule has 0 N–H and O–H groups in total. The minimum atomic E-state index is -0.491. The highest BCUT2D eigenvalue weighted by atomic mass is 79.9. The lowest BCUT2D eigenvalue weighted by molar-refractivity contribution is 0.0722. The summed E-state index contributed by atoms with van der Waals surface area (Å²) in [7, 11) is 0. The van der Waals surface area contributed by atoms with Crippen LogP contribution in [0.3, 0.4) is 0 Å². The van der Waals surface area contributed by atoms with Crippen molar-refractivity contribution >= 4 is 33.4 Å². The summed E-state index contributed by atoms with van der Waals surface area (Å²) in [5, 5.41) is -0.0251.